The van der Waals surface area contributed by atoms with Crippen molar-refractivity contribution < 1.29 is 23.1 Å². The van der Waals surface area contributed by atoms with Crippen molar-refractivity contribution in [2.24, 2.45) is 0 Å². The maximum absolute atomic E-state index is 12.6. The molecule has 3 nitrogen and oxygen atoms in total. The molecule has 1 aromatic heterocycles. The average molecular weight is 317 g/mol. The van der Waals surface area contributed by atoms with E-state index in [1.165, 1.54) is 30.5 Å². The molecule has 3 aromatic rings. The Kier molecular flexibility index (Phi) is 3.52. The average Bonchev–Trinajstić information content (AvgIpc) is 2.52. The molecule has 1 N–H and O–H groups in total. The van der Waals surface area contributed by atoms with Crippen LogP contribution < -0.4 is 0 Å². The number of halogens is 3. The minimum absolute atomic E-state index is 0.0177. The maximum atomic E-state index is 12.6. The van der Waals surface area contributed by atoms with Crippen LogP contribution in [0.25, 0.3) is 22.0 Å². The van der Waals surface area contributed by atoms with E-state index in [1.807, 2.05) is 0 Å². The van der Waals surface area contributed by atoms with Gasteiger partial charge in [0.1, 0.15) is 5.75 Å². The third kappa shape index (κ3) is 2.75. The number of rotatable bonds is 2. The molecule has 3 rings (SSSR count). The number of carbonyl (C=O) groups excluding carboxylic acids is 1. The van der Waals surface area contributed by atoms with Gasteiger partial charge >= 0.3 is 6.18 Å². The van der Waals surface area contributed by atoms with E-state index in [-0.39, 0.29) is 5.75 Å². The number of phenolic OH excluding ortho intramolecular Hbond substituents is 1. The van der Waals surface area contributed by atoms with Crippen molar-refractivity contribution in [3.05, 3.63) is 59.8 Å². The molecule has 6 heteroatoms. The summed E-state index contributed by atoms with van der Waals surface area (Å²) >= 11 is 0. The van der Waals surface area contributed by atoms with Crippen LogP contribution in [-0.4, -0.2) is 16.4 Å². The number of carbonyl (C=O) groups is 1. The highest BCUT2D eigenvalue weighted by Gasteiger charge is 2.30. The van der Waals surface area contributed by atoms with Crippen LogP contribution in [0.15, 0.2) is 48.7 Å². The van der Waals surface area contributed by atoms with Crippen LogP contribution in [0.5, 0.6) is 5.75 Å². The Labute approximate surface area is 129 Å². The van der Waals surface area contributed by atoms with Crippen LogP contribution in [0.3, 0.4) is 0 Å². The molecule has 0 amide bonds. The minimum atomic E-state index is -4.41. The molecule has 0 unspecified atom stereocenters. The molecular formula is C17H10F3NO2. The van der Waals surface area contributed by atoms with Crippen LogP contribution in [0, 0.1) is 0 Å². The standard InChI is InChI=1S/C17H10F3NO2/c18-17(19,20)11-3-1-10(2-4-11)14-8-21-16-7-12(23)5-6-13(16)15(14)9-22/h1-9,23H. The lowest BCUT2D eigenvalue weighted by molar-refractivity contribution is -0.137. The summed E-state index contributed by atoms with van der Waals surface area (Å²) in [6.07, 6.45) is -2.37. The highest BCUT2D eigenvalue weighted by Crippen LogP contribution is 2.33. The molecule has 0 aliphatic carbocycles. The first-order valence-electron chi connectivity index (χ1n) is 6.64. The van der Waals surface area contributed by atoms with Crippen molar-refractivity contribution in [2.75, 3.05) is 0 Å². The molecular weight excluding hydrogens is 307 g/mol. The fourth-order valence-electron chi connectivity index (χ4n) is 2.40. The highest BCUT2D eigenvalue weighted by molar-refractivity contribution is 6.03. The zero-order valence-electron chi connectivity index (χ0n) is 11.6. The molecule has 0 atom stereocenters. The summed E-state index contributed by atoms with van der Waals surface area (Å²) in [4.78, 5) is 15.6. The number of pyridine rings is 1. The van der Waals surface area contributed by atoms with Gasteiger partial charge in [-0.2, -0.15) is 13.2 Å². The summed E-state index contributed by atoms with van der Waals surface area (Å²) in [5, 5.41) is 9.98. The summed E-state index contributed by atoms with van der Waals surface area (Å²) in [5.41, 5.74) is 0.889. The summed E-state index contributed by atoms with van der Waals surface area (Å²) in [5.74, 6) is 0.0177. The zero-order chi connectivity index (χ0) is 16.6. The van der Waals surface area contributed by atoms with Gasteiger partial charge in [0, 0.05) is 28.8 Å². The number of benzene rings is 2. The molecule has 116 valence electrons. The van der Waals surface area contributed by atoms with E-state index >= 15 is 0 Å². The molecule has 0 bridgehead atoms. The number of aromatic nitrogens is 1. The quantitative estimate of drug-likeness (QED) is 0.711. The minimum Gasteiger partial charge on any atom is -0.508 e. The molecule has 0 radical (unpaired) electrons. The molecule has 0 aliphatic heterocycles. The van der Waals surface area contributed by atoms with E-state index < -0.39 is 11.7 Å². The van der Waals surface area contributed by atoms with Gasteiger partial charge in [-0.3, -0.25) is 9.78 Å². The summed E-state index contributed by atoms with van der Waals surface area (Å²) in [7, 11) is 0. The number of fused-ring (bicyclic) bond motifs is 1. The van der Waals surface area contributed by atoms with Gasteiger partial charge in [0.2, 0.25) is 0 Å². The Hall–Kier alpha value is -2.89. The van der Waals surface area contributed by atoms with Crippen molar-refractivity contribution >= 4 is 17.2 Å². The number of hydrogen-bond acceptors (Lipinski definition) is 3. The smallest absolute Gasteiger partial charge is 0.416 e. The van der Waals surface area contributed by atoms with Gasteiger partial charge in [-0.1, -0.05) is 12.1 Å². The van der Waals surface area contributed by atoms with Crippen LogP contribution in [0.2, 0.25) is 0 Å². The molecule has 0 fully saturated rings. The number of aromatic hydroxyl groups is 1. The second kappa shape index (κ2) is 5.39. The van der Waals surface area contributed by atoms with Crippen LogP contribution in [0.4, 0.5) is 13.2 Å². The Balaban J connectivity index is 2.16. The van der Waals surface area contributed by atoms with Gasteiger partial charge in [0.05, 0.1) is 11.1 Å². The van der Waals surface area contributed by atoms with Crippen LogP contribution >= 0.6 is 0 Å². The lowest BCUT2D eigenvalue weighted by Gasteiger charge is -2.10. The van der Waals surface area contributed by atoms with E-state index in [9.17, 15) is 23.1 Å². The lowest BCUT2D eigenvalue weighted by atomic mass is 9.97. The number of nitrogens with zero attached hydrogens (tertiary/aromatic N) is 1. The molecule has 23 heavy (non-hydrogen) atoms. The summed E-state index contributed by atoms with van der Waals surface area (Å²) in [6.45, 7) is 0. The van der Waals surface area contributed by atoms with Crippen LogP contribution in [-0.2, 0) is 6.18 Å². The van der Waals surface area contributed by atoms with Gasteiger partial charge in [-0.05, 0) is 29.8 Å². The third-order valence-corrected chi connectivity index (χ3v) is 3.54. The van der Waals surface area contributed by atoms with Crippen LogP contribution in [0.1, 0.15) is 15.9 Å². The van der Waals surface area contributed by atoms with E-state index in [0.717, 1.165) is 12.1 Å². The first-order chi connectivity index (χ1) is 10.9. The van der Waals surface area contributed by atoms with Gasteiger partial charge in [-0.15, -0.1) is 0 Å². The SMILES string of the molecule is O=Cc1c(-c2ccc(C(F)(F)F)cc2)cnc2cc(O)ccc12. The van der Waals surface area contributed by atoms with Crippen molar-refractivity contribution in [3.8, 4) is 16.9 Å². The summed E-state index contributed by atoms with van der Waals surface area (Å²) in [6, 6.07) is 8.93. The van der Waals surface area contributed by atoms with Crippen molar-refractivity contribution in [1.29, 1.82) is 0 Å². The van der Waals surface area contributed by atoms with Crippen molar-refractivity contribution in [2.45, 2.75) is 6.18 Å². The Bertz CT molecular complexity index is 887. The van der Waals surface area contributed by atoms with Gasteiger partial charge in [0.25, 0.3) is 0 Å². The number of hydrogen-bond donors (Lipinski definition) is 1. The fraction of sp³-hybridized carbons (Fsp3) is 0.0588. The molecule has 2 aromatic carbocycles. The molecule has 0 spiro atoms. The predicted molar refractivity (Wildman–Crippen MR) is 79.2 cm³/mol. The first-order valence-corrected chi connectivity index (χ1v) is 6.64. The van der Waals surface area contributed by atoms with E-state index in [2.05, 4.69) is 4.98 Å². The highest BCUT2D eigenvalue weighted by atomic mass is 19.4. The molecule has 0 saturated carbocycles. The molecule has 0 aliphatic rings. The molecule has 0 saturated heterocycles. The normalized spacial score (nSPS) is 11.6. The van der Waals surface area contributed by atoms with Crippen molar-refractivity contribution in [1.82, 2.24) is 4.98 Å². The fourth-order valence-corrected chi connectivity index (χ4v) is 2.40. The van der Waals surface area contributed by atoms with E-state index in [0.29, 0.717) is 33.9 Å². The monoisotopic (exact) mass is 317 g/mol. The topological polar surface area (TPSA) is 50.2 Å². The molecule has 1 heterocycles. The predicted octanol–water partition coefficient (Wildman–Crippen LogP) is 4.44. The van der Waals surface area contributed by atoms with Crippen molar-refractivity contribution in [3.63, 3.8) is 0 Å². The Morgan fingerprint density at radius 3 is 2.35 bits per heavy atom. The Morgan fingerprint density at radius 2 is 1.74 bits per heavy atom. The van der Waals surface area contributed by atoms with Gasteiger partial charge < -0.3 is 5.11 Å². The Morgan fingerprint density at radius 1 is 1.04 bits per heavy atom. The zero-order valence-corrected chi connectivity index (χ0v) is 11.6. The van der Waals surface area contributed by atoms with Gasteiger partial charge in [0.15, 0.2) is 6.29 Å². The van der Waals surface area contributed by atoms with E-state index in [1.54, 1.807) is 6.07 Å². The summed E-state index contributed by atoms with van der Waals surface area (Å²) < 4.78 is 37.9. The third-order valence-electron chi connectivity index (χ3n) is 3.54. The second-order valence-electron chi connectivity index (χ2n) is 4.98. The second-order valence-corrected chi connectivity index (χ2v) is 4.98. The number of alkyl halides is 3. The van der Waals surface area contributed by atoms with E-state index in [4.69, 9.17) is 0 Å². The lowest BCUT2D eigenvalue weighted by Crippen LogP contribution is -2.04. The van der Waals surface area contributed by atoms with Gasteiger partial charge in [-0.25, -0.2) is 0 Å². The number of aldehydes is 1. The first kappa shape index (κ1) is 15.0. The largest absolute Gasteiger partial charge is 0.508 e. The maximum Gasteiger partial charge on any atom is 0.416 e. The number of phenols is 1.